The van der Waals surface area contributed by atoms with Crippen LogP contribution in [-0.4, -0.2) is 41.2 Å². The van der Waals surface area contributed by atoms with Gasteiger partial charge in [-0.05, 0) is 43.5 Å². The zero-order valence-corrected chi connectivity index (χ0v) is 11.8. The van der Waals surface area contributed by atoms with Crippen molar-refractivity contribution in [2.45, 2.75) is 44.8 Å². The average molecular weight is 275 g/mol. The first-order valence-electron chi connectivity index (χ1n) is 7.39. The maximum Gasteiger partial charge on any atom is 0.254 e. The van der Waals surface area contributed by atoms with Gasteiger partial charge < -0.3 is 14.7 Å². The molecule has 1 saturated carbocycles. The molecule has 1 amide bonds. The van der Waals surface area contributed by atoms with Crippen LogP contribution in [0.2, 0.25) is 0 Å². The molecule has 0 bridgehead atoms. The number of benzene rings is 1. The van der Waals surface area contributed by atoms with Gasteiger partial charge in [0.2, 0.25) is 0 Å². The summed E-state index contributed by atoms with van der Waals surface area (Å²) in [6.45, 7) is 3.16. The number of morpholine rings is 1. The van der Waals surface area contributed by atoms with Crippen LogP contribution in [0.1, 0.15) is 41.6 Å². The zero-order valence-electron chi connectivity index (χ0n) is 11.8. The normalized spacial score (nSPS) is 26.1. The molecule has 1 aromatic rings. The minimum absolute atomic E-state index is 0.0719. The predicted molar refractivity (Wildman–Crippen MR) is 75.9 cm³/mol. The van der Waals surface area contributed by atoms with Gasteiger partial charge in [-0.1, -0.05) is 12.8 Å². The molecule has 0 spiro atoms. The third kappa shape index (κ3) is 2.40. The fourth-order valence-corrected chi connectivity index (χ4v) is 3.39. The van der Waals surface area contributed by atoms with Gasteiger partial charge in [-0.2, -0.15) is 0 Å². The first kappa shape index (κ1) is 13.4. The molecule has 1 aliphatic carbocycles. The Balaban J connectivity index is 1.85. The topological polar surface area (TPSA) is 49.8 Å². The monoisotopic (exact) mass is 275 g/mol. The van der Waals surface area contributed by atoms with Gasteiger partial charge in [0.15, 0.2) is 0 Å². The number of carbonyl (C=O) groups excluding carboxylic acids is 1. The van der Waals surface area contributed by atoms with E-state index in [9.17, 15) is 9.90 Å². The molecule has 0 aromatic heterocycles. The number of aryl methyl sites for hydroxylation is 1. The molecular formula is C16H21NO3. The van der Waals surface area contributed by atoms with Crippen molar-refractivity contribution in [1.29, 1.82) is 0 Å². The quantitative estimate of drug-likeness (QED) is 0.856. The Labute approximate surface area is 119 Å². The van der Waals surface area contributed by atoms with Crippen LogP contribution in [-0.2, 0) is 4.74 Å². The number of hydrogen-bond acceptors (Lipinski definition) is 3. The number of phenols is 1. The van der Waals surface area contributed by atoms with Crippen LogP contribution in [0.4, 0.5) is 0 Å². The molecule has 4 heteroatoms. The van der Waals surface area contributed by atoms with Crippen molar-refractivity contribution in [1.82, 2.24) is 4.90 Å². The van der Waals surface area contributed by atoms with Crippen molar-refractivity contribution in [3.63, 3.8) is 0 Å². The van der Waals surface area contributed by atoms with Crippen LogP contribution in [0.25, 0.3) is 0 Å². The van der Waals surface area contributed by atoms with Crippen molar-refractivity contribution >= 4 is 5.91 Å². The third-order valence-electron chi connectivity index (χ3n) is 4.43. The number of fused-ring (bicyclic) bond motifs is 1. The van der Waals surface area contributed by atoms with E-state index in [1.165, 1.54) is 12.8 Å². The number of phenolic OH excluding ortho intramolecular Hbond substituents is 1. The largest absolute Gasteiger partial charge is 0.508 e. The van der Waals surface area contributed by atoms with E-state index >= 15 is 0 Å². The molecule has 20 heavy (non-hydrogen) atoms. The molecule has 1 saturated heterocycles. The number of nitrogens with zero attached hydrogens (tertiary/aromatic N) is 1. The highest BCUT2D eigenvalue weighted by atomic mass is 16.5. The summed E-state index contributed by atoms with van der Waals surface area (Å²) >= 11 is 0. The molecule has 0 radical (unpaired) electrons. The Morgan fingerprint density at radius 2 is 2.15 bits per heavy atom. The van der Waals surface area contributed by atoms with Crippen molar-refractivity contribution in [3.05, 3.63) is 29.3 Å². The standard InChI is InChI=1S/C16H21NO3/c1-11-10-12(18)6-7-13(11)16(19)17-8-9-20-15-5-3-2-4-14(15)17/h6-7,10,14-15,18H,2-5,8-9H2,1H3. The second-order valence-electron chi connectivity index (χ2n) is 5.76. The van der Waals surface area contributed by atoms with E-state index in [-0.39, 0.29) is 23.8 Å². The highest BCUT2D eigenvalue weighted by Gasteiger charge is 2.37. The summed E-state index contributed by atoms with van der Waals surface area (Å²) in [5, 5.41) is 9.47. The van der Waals surface area contributed by atoms with Crippen molar-refractivity contribution in [3.8, 4) is 5.75 Å². The molecule has 2 unspecified atom stereocenters. The van der Waals surface area contributed by atoms with E-state index in [4.69, 9.17) is 4.74 Å². The number of rotatable bonds is 1. The lowest BCUT2D eigenvalue weighted by atomic mass is 9.89. The molecule has 2 fully saturated rings. The summed E-state index contributed by atoms with van der Waals surface area (Å²) in [5.41, 5.74) is 1.52. The Morgan fingerprint density at radius 3 is 2.95 bits per heavy atom. The SMILES string of the molecule is Cc1cc(O)ccc1C(=O)N1CCOC2CCCCC21. The summed E-state index contributed by atoms with van der Waals surface area (Å²) in [7, 11) is 0. The first-order chi connectivity index (χ1) is 9.66. The van der Waals surface area contributed by atoms with E-state index in [2.05, 4.69) is 0 Å². The van der Waals surface area contributed by atoms with E-state index in [0.717, 1.165) is 18.4 Å². The summed E-state index contributed by atoms with van der Waals surface area (Å²) in [6, 6.07) is 5.17. The Hall–Kier alpha value is -1.55. The first-order valence-corrected chi connectivity index (χ1v) is 7.39. The average Bonchev–Trinajstić information content (AvgIpc) is 2.46. The van der Waals surface area contributed by atoms with Crippen LogP contribution in [0.15, 0.2) is 18.2 Å². The molecule has 1 aliphatic heterocycles. The summed E-state index contributed by atoms with van der Waals surface area (Å²) in [5.74, 6) is 0.277. The van der Waals surface area contributed by atoms with Gasteiger partial charge in [-0.3, -0.25) is 4.79 Å². The fraction of sp³-hybridized carbons (Fsp3) is 0.562. The molecule has 4 nitrogen and oxygen atoms in total. The highest BCUT2D eigenvalue weighted by Crippen LogP contribution is 2.30. The molecule has 3 rings (SSSR count). The maximum atomic E-state index is 12.8. The van der Waals surface area contributed by atoms with E-state index < -0.39 is 0 Å². The van der Waals surface area contributed by atoms with Crippen LogP contribution in [0, 0.1) is 6.92 Å². The Kier molecular flexibility index (Phi) is 3.66. The molecule has 1 heterocycles. The van der Waals surface area contributed by atoms with Crippen molar-refractivity contribution in [2.75, 3.05) is 13.2 Å². The molecule has 1 aromatic carbocycles. The number of carbonyl (C=O) groups is 1. The molecule has 2 atom stereocenters. The predicted octanol–water partition coefficient (Wildman–Crippen LogP) is 2.48. The number of ether oxygens (including phenoxy) is 1. The van der Waals surface area contributed by atoms with E-state index in [1.54, 1.807) is 18.2 Å². The second kappa shape index (κ2) is 5.44. The molecule has 2 aliphatic rings. The van der Waals surface area contributed by atoms with E-state index in [1.807, 2.05) is 11.8 Å². The van der Waals surface area contributed by atoms with Crippen LogP contribution in [0.3, 0.4) is 0 Å². The van der Waals surface area contributed by atoms with E-state index in [0.29, 0.717) is 18.7 Å². The minimum atomic E-state index is 0.0719. The van der Waals surface area contributed by atoms with Gasteiger partial charge in [-0.25, -0.2) is 0 Å². The van der Waals surface area contributed by atoms with Crippen molar-refractivity contribution < 1.29 is 14.6 Å². The van der Waals surface area contributed by atoms with Crippen LogP contribution in [0.5, 0.6) is 5.75 Å². The lowest BCUT2D eigenvalue weighted by Crippen LogP contribution is -2.54. The number of amides is 1. The summed E-state index contributed by atoms with van der Waals surface area (Å²) < 4.78 is 5.81. The Morgan fingerprint density at radius 1 is 1.35 bits per heavy atom. The molecular weight excluding hydrogens is 254 g/mol. The highest BCUT2D eigenvalue weighted by molar-refractivity contribution is 5.96. The summed E-state index contributed by atoms with van der Waals surface area (Å²) in [4.78, 5) is 14.8. The zero-order chi connectivity index (χ0) is 14.1. The van der Waals surface area contributed by atoms with Crippen LogP contribution < -0.4 is 0 Å². The molecule has 1 N–H and O–H groups in total. The smallest absolute Gasteiger partial charge is 0.254 e. The fourth-order valence-electron chi connectivity index (χ4n) is 3.39. The maximum absolute atomic E-state index is 12.8. The van der Waals surface area contributed by atoms with Crippen molar-refractivity contribution in [2.24, 2.45) is 0 Å². The third-order valence-corrected chi connectivity index (χ3v) is 4.43. The lowest BCUT2D eigenvalue weighted by molar-refractivity contribution is -0.0753. The lowest BCUT2D eigenvalue weighted by Gasteiger charge is -2.44. The molecule has 108 valence electrons. The van der Waals surface area contributed by atoms with Gasteiger partial charge in [0.05, 0.1) is 18.8 Å². The van der Waals surface area contributed by atoms with Gasteiger partial charge in [-0.15, -0.1) is 0 Å². The summed E-state index contributed by atoms with van der Waals surface area (Å²) in [6.07, 6.45) is 4.67. The second-order valence-corrected chi connectivity index (χ2v) is 5.76. The van der Waals surface area contributed by atoms with Crippen LogP contribution >= 0.6 is 0 Å². The Bertz CT molecular complexity index is 512. The van der Waals surface area contributed by atoms with Gasteiger partial charge in [0, 0.05) is 12.1 Å². The van der Waals surface area contributed by atoms with Gasteiger partial charge in [0.1, 0.15) is 5.75 Å². The minimum Gasteiger partial charge on any atom is -0.508 e. The van der Waals surface area contributed by atoms with Gasteiger partial charge >= 0.3 is 0 Å². The van der Waals surface area contributed by atoms with Gasteiger partial charge in [0.25, 0.3) is 5.91 Å². The number of aromatic hydroxyl groups is 1. The number of hydrogen-bond donors (Lipinski definition) is 1.